The van der Waals surface area contributed by atoms with Crippen LogP contribution in [0.25, 0.3) is 0 Å². The van der Waals surface area contributed by atoms with Crippen molar-refractivity contribution in [2.45, 2.75) is 18.9 Å². The number of methoxy groups -OCH3 is 1. The normalized spacial score (nSPS) is 21.8. The number of amides is 2. The topological polar surface area (TPSA) is 58.6 Å². The fourth-order valence-electron chi connectivity index (χ4n) is 2.84. The number of benzene rings is 1. The molecular weight excluding hydrogens is 287 g/mol. The van der Waals surface area contributed by atoms with Crippen molar-refractivity contribution < 1.29 is 18.7 Å². The molecule has 1 aliphatic heterocycles. The third-order valence-corrected chi connectivity index (χ3v) is 4.01. The summed E-state index contributed by atoms with van der Waals surface area (Å²) in [6.45, 7) is 0.869. The number of hydrogen-bond acceptors (Lipinski definition) is 3. The summed E-state index contributed by atoms with van der Waals surface area (Å²) in [5.74, 6) is -0.791. The van der Waals surface area contributed by atoms with Crippen molar-refractivity contribution in [1.29, 1.82) is 0 Å². The number of nitrogens with one attached hydrogen (secondary N) is 1. The van der Waals surface area contributed by atoms with Gasteiger partial charge in [0.2, 0.25) is 11.8 Å². The van der Waals surface area contributed by atoms with E-state index >= 15 is 0 Å². The molecule has 1 heterocycles. The quantitative estimate of drug-likeness (QED) is 0.839. The van der Waals surface area contributed by atoms with Crippen LogP contribution in [0, 0.1) is 11.7 Å². The van der Waals surface area contributed by atoms with E-state index in [4.69, 9.17) is 4.74 Å². The second-order valence-corrected chi connectivity index (χ2v) is 5.43. The molecule has 2 amide bonds. The van der Waals surface area contributed by atoms with Gasteiger partial charge < -0.3 is 15.0 Å². The van der Waals surface area contributed by atoms with Gasteiger partial charge >= 0.3 is 0 Å². The van der Waals surface area contributed by atoms with Gasteiger partial charge in [0, 0.05) is 27.1 Å². The van der Waals surface area contributed by atoms with Gasteiger partial charge in [0.1, 0.15) is 5.82 Å². The molecule has 1 aliphatic rings. The smallest absolute Gasteiger partial charge is 0.225 e. The van der Waals surface area contributed by atoms with Crippen LogP contribution in [-0.4, -0.2) is 44.0 Å². The van der Waals surface area contributed by atoms with Crippen LogP contribution in [0.15, 0.2) is 24.3 Å². The first-order valence-electron chi connectivity index (χ1n) is 7.32. The zero-order valence-electron chi connectivity index (χ0n) is 12.8. The van der Waals surface area contributed by atoms with Gasteiger partial charge in [-0.15, -0.1) is 0 Å². The van der Waals surface area contributed by atoms with Gasteiger partial charge in [-0.1, -0.05) is 12.1 Å². The van der Waals surface area contributed by atoms with Crippen LogP contribution >= 0.6 is 0 Å². The fourth-order valence-corrected chi connectivity index (χ4v) is 2.84. The Labute approximate surface area is 129 Å². The lowest BCUT2D eigenvalue weighted by Gasteiger charge is -2.38. The first-order chi connectivity index (χ1) is 10.5. The van der Waals surface area contributed by atoms with Gasteiger partial charge in [-0.3, -0.25) is 9.59 Å². The van der Waals surface area contributed by atoms with Crippen LogP contribution in [-0.2, 0) is 14.3 Å². The van der Waals surface area contributed by atoms with Crippen LogP contribution in [0.3, 0.4) is 0 Å². The second kappa shape index (κ2) is 7.35. The van der Waals surface area contributed by atoms with Crippen molar-refractivity contribution in [3.63, 3.8) is 0 Å². The molecule has 2 atom stereocenters. The minimum atomic E-state index is -0.371. The Hall–Kier alpha value is -1.95. The molecule has 0 unspecified atom stereocenters. The molecule has 1 fully saturated rings. The summed E-state index contributed by atoms with van der Waals surface area (Å²) < 4.78 is 18.0. The van der Waals surface area contributed by atoms with Crippen LogP contribution in [0.2, 0.25) is 0 Å². The van der Waals surface area contributed by atoms with Gasteiger partial charge in [-0.2, -0.15) is 0 Å². The third kappa shape index (κ3) is 3.62. The Morgan fingerprint density at radius 3 is 2.73 bits per heavy atom. The zero-order valence-corrected chi connectivity index (χ0v) is 12.8. The van der Waals surface area contributed by atoms with Crippen LogP contribution in [0.1, 0.15) is 24.4 Å². The Morgan fingerprint density at radius 1 is 1.41 bits per heavy atom. The van der Waals surface area contributed by atoms with Crippen molar-refractivity contribution in [3.05, 3.63) is 35.6 Å². The number of hydrogen-bond donors (Lipinski definition) is 1. The van der Waals surface area contributed by atoms with E-state index in [1.54, 1.807) is 31.2 Å². The monoisotopic (exact) mass is 308 g/mol. The van der Waals surface area contributed by atoms with E-state index in [9.17, 15) is 14.0 Å². The predicted octanol–water partition coefficient (Wildman–Crippen LogP) is 1.50. The van der Waals surface area contributed by atoms with Gasteiger partial charge in [0.15, 0.2) is 0 Å². The van der Waals surface area contributed by atoms with E-state index in [1.165, 1.54) is 12.1 Å². The molecule has 0 aliphatic carbocycles. The van der Waals surface area contributed by atoms with E-state index in [0.717, 1.165) is 5.56 Å². The summed E-state index contributed by atoms with van der Waals surface area (Å²) in [4.78, 5) is 26.0. The molecule has 2 rings (SSSR count). The second-order valence-electron chi connectivity index (χ2n) is 5.43. The number of halogens is 1. The van der Waals surface area contributed by atoms with Crippen molar-refractivity contribution in [2.75, 3.05) is 27.3 Å². The summed E-state index contributed by atoms with van der Waals surface area (Å²) >= 11 is 0. The molecule has 1 aromatic rings. The van der Waals surface area contributed by atoms with E-state index in [1.807, 2.05) is 0 Å². The molecule has 1 N–H and O–H groups in total. The standard InChI is InChI=1S/C16H21FN2O3/c1-19-14(20)8-7-13(16(21)18-9-10-22-2)15(19)11-3-5-12(17)6-4-11/h3-6,13,15H,7-10H2,1-2H3,(H,18,21)/t13-,15-/m0/s1. The van der Waals surface area contributed by atoms with E-state index in [-0.39, 0.29) is 29.6 Å². The highest BCUT2D eigenvalue weighted by Gasteiger charge is 2.38. The number of piperidine rings is 1. The number of rotatable bonds is 5. The van der Waals surface area contributed by atoms with Gasteiger partial charge in [-0.25, -0.2) is 4.39 Å². The van der Waals surface area contributed by atoms with Crippen molar-refractivity contribution in [1.82, 2.24) is 10.2 Å². The lowest BCUT2D eigenvalue weighted by molar-refractivity contribution is -0.141. The number of nitrogens with zero attached hydrogens (tertiary/aromatic N) is 1. The van der Waals surface area contributed by atoms with E-state index in [0.29, 0.717) is 26.0 Å². The summed E-state index contributed by atoms with van der Waals surface area (Å²) in [5.41, 5.74) is 0.767. The molecule has 120 valence electrons. The first kappa shape index (κ1) is 16.4. The fraction of sp³-hybridized carbons (Fsp3) is 0.500. The predicted molar refractivity (Wildman–Crippen MR) is 79.5 cm³/mol. The van der Waals surface area contributed by atoms with E-state index < -0.39 is 0 Å². The number of likely N-dealkylation sites (tertiary alicyclic amines) is 1. The highest BCUT2D eigenvalue weighted by atomic mass is 19.1. The Balaban J connectivity index is 2.20. The molecule has 0 spiro atoms. The average molecular weight is 308 g/mol. The van der Waals surface area contributed by atoms with Crippen LogP contribution in [0.5, 0.6) is 0 Å². The Morgan fingerprint density at radius 2 is 2.09 bits per heavy atom. The largest absolute Gasteiger partial charge is 0.383 e. The molecule has 1 aromatic carbocycles. The zero-order chi connectivity index (χ0) is 16.1. The molecule has 1 saturated heterocycles. The molecule has 0 aromatic heterocycles. The minimum absolute atomic E-state index is 0.00438. The van der Waals surface area contributed by atoms with Gasteiger partial charge in [-0.05, 0) is 24.1 Å². The average Bonchev–Trinajstić information content (AvgIpc) is 2.51. The molecule has 0 saturated carbocycles. The first-order valence-corrected chi connectivity index (χ1v) is 7.32. The van der Waals surface area contributed by atoms with Crippen molar-refractivity contribution in [3.8, 4) is 0 Å². The van der Waals surface area contributed by atoms with Crippen LogP contribution < -0.4 is 5.32 Å². The lowest BCUT2D eigenvalue weighted by atomic mass is 9.84. The summed E-state index contributed by atoms with van der Waals surface area (Å²) in [6, 6.07) is 5.59. The molecule has 6 heteroatoms. The maximum atomic E-state index is 13.1. The third-order valence-electron chi connectivity index (χ3n) is 4.01. The number of carbonyl (C=O) groups excluding carboxylic acids is 2. The summed E-state index contributed by atoms with van der Waals surface area (Å²) in [6.07, 6.45) is 0.834. The highest BCUT2D eigenvalue weighted by molar-refractivity contribution is 5.84. The van der Waals surface area contributed by atoms with Gasteiger partial charge in [0.05, 0.1) is 18.6 Å². The maximum Gasteiger partial charge on any atom is 0.225 e. The van der Waals surface area contributed by atoms with E-state index in [2.05, 4.69) is 5.32 Å². The molecular formula is C16H21FN2O3. The molecule has 0 bridgehead atoms. The molecule has 0 radical (unpaired) electrons. The van der Waals surface area contributed by atoms with Crippen LogP contribution in [0.4, 0.5) is 4.39 Å². The minimum Gasteiger partial charge on any atom is -0.383 e. The number of ether oxygens (including phenoxy) is 1. The highest BCUT2D eigenvalue weighted by Crippen LogP contribution is 2.35. The molecule has 5 nitrogen and oxygen atoms in total. The van der Waals surface area contributed by atoms with Crippen molar-refractivity contribution >= 4 is 11.8 Å². The Kier molecular flexibility index (Phi) is 5.49. The SMILES string of the molecule is COCCNC(=O)[C@H]1CCC(=O)N(C)[C@H]1c1ccc(F)cc1. The number of carbonyl (C=O) groups is 2. The summed E-state index contributed by atoms with van der Waals surface area (Å²) in [5, 5.41) is 2.82. The summed E-state index contributed by atoms with van der Waals surface area (Å²) in [7, 11) is 3.26. The van der Waals surface area contributed by atoms with Gasteiger partial charge in [0.25, 0.3) is 0 Å². The lowest BCUT2D eigenvalue weighted by Crippen LogP contribution is -2.46. The maximum absolute atomic E-state index is 13.1. The molecule has 22 heavy (non-hydrogen) atoms. The Bertz CT molecular complexity index is 533. The van der Waals surface area contributed by atoms with Crippen molar-refractivity contribution in [2.24, 2.45) is 5.92 Å².